The largest absolute Gasteiger partial charge is 0.483 e. The van der Waals surface area contributed by atoms with Crippen LogP contribution in [0.25, 0.3) is 10.3 Å². The Kier molecular flexibility index (Phi) is 5.62. The average molecular weight is 411 g/mol. The van der Waals surface area contributed by atoms with E-state index in [0.29, 0.717) is 20.4 Å². The van der Waals surface area contributed by atoms with E-state index in [9.17, 15) is 13.6 Å². The van der Waals surface area contributed by atoms with Gasteiger partial charge in [0.05, 0.1) is 11.4 Å². The standard InChI is InChI=1S/C17H13ClF2N4O2S/c1-24(2)8-22-16(25)14-10(19)3-4-12(15(14)20)26-7-13-23-11-5-9(18)6-21-17(11)27-13/h3-6,8H,7H2,1-2H3. The molecule has 1 aromatic carbocycles. The molecule has 3 rings (SSSR count). The van der Waals surface area contributed by atoms with E-state index in [1.54, 1.807) is 20.2 Å². The smallest absolute Gasteiger partial charge is 0.284 e. The summed E-state index contributed by atoms with van der Waals surface area (Å²) in [6.07, 6.45) is 2.66. The fraction of sp³-hybridized carbons (Fsp3) is 0.176. The zero-order valence-corrected chi connectivity index (χ0v) is 15.8. The number of benzene rings is 1. The molecular weight excluding hydrogens is 398 g/mol. The molecule has 0 bridgehead atoms. The summed E-state index contributed by atoms with van der Waals surface area (Å²) >= 11 is 7.13. The summed E-state index contributed by atoms with van der Waals surface area (Å²) in [4.78, 5) is 26.0. The predicted octanol–water partition coefficient (Wildman–Crippen LogP) is 3.93. The third-order valence-electron chi connectivity index (χ3n) is 3.29. The third-order valence-corrected chi connectivity index (χ3v) is 4.44. The molecule has 2 heterocycles. The second-order valence-electron chi connectivity index (χ2n) is 5.62. The highest BCUT2D eigenvalue weighted by atomic mass is 35.5. The van der Waals surface area contributed by atoms with Gasteiger partial charge in [0.2, 0.25) is 0 Å². The molecule has 6 nitrogen and oxygen atoms in total. The highest BCUT2D eigenvalue weighted by Crippen LogP contribution is 2.27. The Morgan fingerprint density at radius 3 is 2.93 bits per heavy atom. The Hall–Kier alpha value is -2.65. The quantitative estimate of drug-likeness (QED) is 0.471. The molecule has 10 heteroatoms. The molecule has 0 spiro atoms. The number of pyridine rings is 1. The normalized spacial score (nSPS) is 11.3. The lowest BCUT2D eigenvalue weighted by molar-refractivity contribution is 0.0993. The van der Waals surface area contributed by atoms with Crippen LogP contribution < -0.4 is 4.74 Å². The first-order valence-electron chi connectivity index (χ1n) is 7.62. The van der Waals surface area contributed by atoms with E-state index >= 15 is 0 Å². The van der Waals surface area contributed by atoms with Gasteiger partial charge < -0.3 is 9.64 Å². The molecular formula is C17H13ClF2N4O2S. The van der Waals surface area contributed by atoms with Crippen molar-refractivity contribution in [3.05, 3.63) is 51.6 Å². The molecule has 0 saturated heterocycles. The summed E-state index contributed by atoms with van der Waals surface area (Å²) < 4.78 is 33.8. The molecule has 0 N–H and O–H groups in total. The number of aliphatic imine (C=N–C) groups is 1. The first-order chi connectivity index (χ1) is 12.8. The number of fused-ring (bicyclic) bond motifs is 1. The second kappa shape index (κ2) is 7.93. The Labute approximate surface area is 162 Å². The highest BCUT2D eigenvalue weighted by molar-refractivity contribution is 7.18. The fourth-order valence-electron chi connectivity index (χ4n) is 2.12. The summed E-state index contributed by atoms with van der Waals surface area (Å²) in [6.45, 7) is -0.0736. The van der Waals surface area contributed by atoms with Gasteiger partial charge in [-0.15, -0.1) is 0 Å². The topological polar surface area (TPSA) is 67.7 Å². The number of rotatable bonds is 5. The van der Waals surface area contributed by atoms with Crippen molar-refractivity contribution in [2.45, 2.75) is 6.61 Å². The van der Waals surface area contributed by atoms with Gasteiger partial charge in [-0.1, -0.05) is 22.9 Å². The third kappa shape index (κ3) is 4.37. The number of nitrogens with zero attached hydrogens (tertiary/aromatic N) is 4. The minimum atomic E-state index is -1.11. The van der Waals surface area contributed by atoms with Gasteiger partial charge >= 0.3 is 0 Å². The lowest BCUT2D eigenvalue weighted by atomic mass is 10.1. The SMILES string of the molecule is CN(C)C=NC(=O)c1c(F)ccc(OCc2nc3cc(Cl)cnc3s2)c1F. The number of thiazole rings is 1. The van der Waals surface area contributed by atoms with Crippen LogP contribution in [0.2, 0.25) is 5.02 Å². The Balaban J connectivity index is 1.82. The van der Waals surface area contributed by atoms with Gasteiger partial charge in [-0.05, 0) is 18.2 Å². The summed E-state index contributed by atoms with van der Waals surface area (Å²) in [7, 11) is 3.26. The summed E-state index contributed by atoms with van der Waals surface area (Å²) in [5.41, 5.74) is -0.178. The first kappa shape index (κ1) is 19.1. The maximum absolute atomic E-state index is 14.5. The van der Waals surface area contributed by atoms with E-state index in [-0.39, 0.29) is 12.4 Å². The maximum atomic E-state index is 14.5. The van der Waals surface area contributed by atoms with Crippen molar-refractivity contribution in [2.75, 3.05) is 14.1 Å². The van der Waals surface area contributed by atoms with Gasteiger partial charge in [0.15, 0.2) is 11.6 Å². The zero-order chi connectivity index (χ0) is 19.6. The van der Waals surface area contributed by atoms with Crippen LogP contribution in [0, 0.1) is 11.6 Å². The van der Waals surface area contributed by atoms with Crippen molar-refractivity contribution >= 4 is 45.5 Å². The Bertz CT molecular complexity index is 1040. The number of aromatic nitrogens is 2. The molecule has 0 aliphatic carbocycles. The number of amides is 1. The van der Waals surface area contributed by atoms with Crippen LogP contribution in [-0.4, -0.2) is 41.2 Å². The van der Waals surface area contributed by atoms with Gasteiger partial charge in [-0.2, -0.15) is 4.99 Å². The van der Waals surface area contributed by atoms with Crippen molar-refractivity contribution in [3.8, 4) is 5.75 Å². The molecule has 27 heavy (non-hydrogen) atoms. The number of hydrogen-bond acceptors (Lipinski definition) is 5. The van der Waals surface area contributed by atoms with Crippen LogP contribution in [0.15, 0.2) is 29.4 Å². The number of halogens is 3. The number of hydrogen-bond donors (Lipinski definition) is 0. The molecule has 0 fully saturated rings. The van der Waals surface area contributed by atoms with Crippen LogP contribution in [-0.2, 0) is 6.61 Å². The molecule has 2 aromatic heterocycles. The molecule has 0 radical (unpaired) electrons. The lowest BCUT2D eigenvalue weighted by Crippen LogP contribution is -2.12. The van der Waals surface area contributed by atoms with Crippen LogP contribution >= 0.6 is 22.9 Å². The van der Waals surface area contributed by atoms with Crippen molar-refractivity contribution in [3.63, 3.8) is 0 Å². The molecule has 0 saturated carbocycles. The average Bonchev–Trinajstić information content (AvgIpc) is 3.01. The molecule has 1 amide bonds. The summed E-state index contributed by atoms with van der Waals surface area (Å²) in [5, 5.41) is 0.980. The van der Waals surface area contributed by atoms with Crippen molar-refractivity contribution < 1.29 is 18.3 Å². The monoisotopic (exact) mass is 410 g/mol. The Morgan fingerprint density at radius 1 is 1.41 bits per heavy atom. The van der Waals surface area contributed by atoms with Crippen LogP contribution in [0.1, 0.15) is 15.4 Å². The molecule has 0 aliphatic heterocycles. The number of carbonyl (C=O) groups excluding carboxylic acids is 1. The van der Waals surface area contributed by atoms with E-state index in [0.717, 1.165) is 18.5 Å². The van der Waals surface area contributed by atoms with Gasteiger partial charge in [0.25, 0.3) is 5.91 Å². The van der Waals surface area contributed by atoms with Crippen LogP contribution in [0.4, 0.5) is 8.78 Å². The van der Waals surface area contributed by atoms with E-state index in [4.69, 9.17) is 16.3 Å². The van der Waals surface area contributed by atoms with E-state index in [2.05, 4.69) is 15.0 Å². The van der Waals surface area contributed by atoms with Gasteiger partial charge in [-0.25, -0.2) is 18.7 Å². The Morgan fingerprint density at radius 2 is 2.19 bits per heavy atom. The summed E-state index contributed by atoms with van der Waals surface area (Å²) in [6, 6.07) is 3.72. The minimum Gasteiger partial charge on any atom is -0.483 e. The van der Waals surface area contributed by atoms with E-state index < -0.39 is 23.1 Å². The molecule has 0 unspecified atom stereocenters. The lowest BCUT2D eigenvalue weighted by Gasteiger charge is -2.09. The van der Waals surface area contributed by atoms with Crippen LogP contribution in [0.3, 0.4) is 0 Å². The molecule has 140 valence electrons. The molecule has 0 aliphatic rings. The predicted molar refractivity (Wildman–Crippen MR) is 99.6 cm³/mol. The van der Waals surface area contributed by atoms with Crippen molar-refractivity contribution in [2.24, 2.45) is 4.99 Å². The van der Waals surface area contributed by atoms with Gasteiger partial charge in [-0.3, -0.25) is 4.79 Å². The first-order valence-corrected chi connectivity index (χ1v) is 8.81. The van der Waals surface area contributed by atoms with Crippen LogP contribution in [0.5, 0.6) is 5.75 Å². The molecule has 0 atom stereocenters. The van der Waals surface area contributed by atoms with E-state index in [1.807, 2.05) is 0 Å². The maximum Gasteiger partial charge on any atom is 0.284 e. The fourth-order valence-corrected chi connectivity index (χ4v) is 3.07. The van der Waals surface area contributed by atoms with E-state index in [1.165, 1.54) is 22.4 Å². The summed E-state index contributed by atoms with van der Waals surface area (Å²) in [5.74, 6) is -3.44. The van der Waals surface area contributed by atoms with Gasteiger partial charge in [0.1, 0.15) is 33.3 Å². The second-order valence-corrected chi connectivity index (χ2v) is 7.12. The van der Waals surface area contributed by atoms with Gasteiger partial charge in [0, 0.05) is 20.3 Å². The van der Waals surface area contributed by atoms with Crippen molar-refractivity contribution in [1.82, 2.24) is 14.9 Å². The minimum absolute atomic E-state index is 0.0736. The zero-order valence-electron chi connectivity index (χ0n) is 14.2. The highest BCUT2D eigenvalue weighted by Gasteiger charge is 2.21. The number of carbonyl (C=O) groups is 1. The van der Waals surface area contributed by atoms with Crippen molar-refractivity contribution in [1.29, 1.82) is 0 Å². The number of ether oxygens (including phenoxy) is 1. The molecule has 3 aromatic rings.